The molecule has 0 saturated heterocycles. The summed E-state index contributed by atoms with van der Waals surface area (Å²) in [5, 5.41) is 3.46. The Morgan fingerprint density at radius 2 is 0.965 bits per heavy atom. The van der Waals surface area contributed by atoms with Crippen molar-refractivity contribution in [1.82, 2.24) is 24.1 Å². The second-order valence-corrected chi connectivity index (χ2v) is 13.5. The van der Waals surface area contributed by atoms with E-state index in [4.69, 9.17) is 31.7 Å². The molecule has 266 valence electrons. The topological polar surface area (TPSA) is 61.7 Å². The summed E-state index contributed by atoms with van der Waals surface area (Å²) in [4.78, 5) is 15.3. The lowest BCUT2D eigenvalue weighted by molar-refractivity contribution is 0.669. The van der Waals surface area contributed by atoms with Crippen molar-refractivity contribution in [2.45, 2.75) is 0 Å². The first-order chi connectivity index (χ1) is 32.9. The van der Waals surface area contributed by atoms with E-state index in [1.165, 1.54) is 0 Å². The number of nitrogens with zero attached hydrogens (tertiary/aromatic N) is 5. The molecule has 6 heteroatoms. The van der Waals surface area contributed by atoms with Crippen LogP contribution in [0.1, 0.15) is 15.1 Å². The first-order valence-electron chi connectivity index (χ1n) is 23.7. The van der Waals surface area contributed by atoms with E-state index in [-0.39, 0.29) is 50.7 Å². The normalized spacial score (nSPS) is 14.6. The van der Waals surface area contributed by atoms with Crippen molar-refractivity contribution in [3.8, 4) is 45.5 Å². The molecule has 0 aliphatic rings. The number of furan rings is 1. The number of rotatable bonds is 5. The van der Waals surface area contributed by atoms with Gasteiger partial charge in [-0.05, 0) is 65.7 Å². The van der Waals surface area contributed by atoms with E-state index >= 15 is 0 Å². The van der Waals surface area contributed by atoms with Crippen molar-refractivity contribution >= 4 is 65.6 Å². The van der Waals surface area contributed by atoms with Gasteiger partial charge in [0.05, 0.1) is 42.8 Å². The summed E-state index contributed by atoms with van der Waals surface area (Å²) < 4.78 is 109. The highest BCUT2D eigenvalue weighted by atomic mass is 16.3. The smallest absolute Gasteiger partial charge is 0.238 e. The lowest BCUT2D eigenvalue weighted by Gasteiger charge is -2.15. The zero-order chi connectivity index (χ0) is 47.0. The number of benzene rings is 8. The number of fused-ring (bicyclic) bond motifs is 9. The lowest BCUT2D eigenvalue weighted by atomic mass is 9.97. The van der Waals surface area contributed by atoms with E-state index in [0.717, 1.165) is 43.6 Å². The molecule has 0 spiro atoms. The van der Waals surface area contributed by atoms with Crippen molar-refractivity contribution in [2.24, 2.45) is 0 Å². The van der Waals surface area contributed by atoms with Crippen LogP contribution in [0.2, 0.25) is 0 Å². The zero-order valence-corrected chi connectivity index (χ0v) is 29.7. The standard InChI is InChI=1S/C51H31N5O/c1-2-16-32(17-3-1)40-30-33(31-47-48(40)39-23-9-15-29-46(39)57-47)49-52-50(54-51(53-49)56-43-26-12-6-20-36(43)37-21-7-13-27-44(37)56)38-22-8-14-28-45(38)55-41-24-10-4-18-34(41)35-19-5-11-25-42(35)55/h1-31H/i1D,2D,3D,9D,15D,16D,17D,23D,29D,30D,31D. The highest BCUT2D eigenvalue weighted by molar-refractivity contribution is 6.14. The minimum absolute atomic E-state index is 0.117. The quantitative estimate of drug-likeness (QED) is 0.176. The third-order valence-corrected chi connectivity index (χ3v) is 10.4. The molecular weight excluding hydrogens is 699 g/mol. The maximum Gasteiger partial charge on any atom is 0.238 e. The zero-order valence-electron chi connectivity index (χ0n) is 40.7. The Labute approximate surface area is 342 Å². The van der Waals surface area contributed by atoms with Crippen LogP contribution in [0.5, 0.6) is 0 Å². The molecule has 0 aliphatic heterocycles. The van der Waals surface area contributed by atoms with Crippen LogP contribution < -0.4 is 0 Å². The molecular formula is C51H31N5O. The van der Waals surface area contributed by atoms with E-state index in [1.807, 2.05) is 114 Å². The summed E-state index contributed by atoms with van der Waals surface area (Å²) in [6, 6.07) is 32.5. The van der Waals surface area contributed by atoms with Crippen LogP contribution in [0.4, 0.5) is 0 Å². The predicted octanol–water partition coefficient (Wildman–Crippen LogP) is 13.0. The van der Waals surface area contributed by atoms with Crippen LogP contribution in [0.15, 0.2) is 192 Å². The fraction of sp³-hybridized carbons (Fsp3) is 0. The van der Waals surface area contributed by atoms with E-state index in [0.29, 0.717) is 11.3 Å². The van der Waals surface area contributed by atoms with Crippen molar-refractivity contribution in [3.05, 3.63) is 188 Å². The van der Waals surface area contributed by atoms with Crippen molar-refractivity contribution < 1.29 is 19.5 Å². The average Bonchev–Trinajstić information content (AvgIpc) is 4.04. The maximum absolute atomic E-state index is 10.1. The summed E-state index contributed by atoms with van der Waals surface area (Å²) in [5.74, 6) is 0.0676. The van der Waals surface area contributed by atoms with Crippen molar-refractivity contribution in [2.75, 3.05) is 0 Å². The monoisotopic (exact) mass is 740 g/mol. The lowest BCUT2D eigenvalue weighted by Crippen LogP contribution is -2.08. The van der Waals surface area contributed by atoms with Crippen LogP contribution in [0.3, 0.4) is 0 Å². The predicted molar refractivity (Wildman–Crippen MR) is 232 cm³/mol. The highest BCUT2D eigenvalue weighted by Gasteiger charge is 2.22. The molecule has 12 rings (SSSR count). The fourth-order valence-corrected chi connectivity index (χ4v) is 8.03. The summed E-state index contributed by atoms with van der Waals surface area (Å²) in [5.41, 5.74) is 2.92. The number of hydrogen-bond acceptors (Lipinski definition) is 4. The van der Waals surface area contributed by atoms with E-state index < -0.39 is 72.0 Å². The van der Waals surface area contributed by atoms with Gasteiger partial charge in [0.25, 0.3) is 0 Å². The van der Waals surface area contributed by atoms with Gasteiger partial charge in [0, 0.05) is 43.4 Å². The van der Waals surface area contributed by atoms with Crippen LogP contribution in [0, 0.1) is 0 Å². The number of para-hydroxylation sites is 6. The van der Waals surface area contributed by atoms with Gasteiger partial charge in [-0.25, -0.2) is 4.98 Å². The fourth-order valence-electron chi connectivity index (χ4n) is 8.03. The molecule has 0 N–H and O–H groups in total. The molecule has 0 fully saturated rings. The van der Waals surface area contributed by atoms with Gasteiger partial charge in [-0.2, -0.15) is 9.97 Å². The van der Waals surface area contributed by atoms with Gasteiger partial charge in [-0.1, -0.05) is 133 Å². The Balaban J connectivity index is 1.25. The van der Waals surface area contributed by atoms with Gasteiger partial charge >= 0.3 is 0 Å². The molecule has 12 aromatic rings. The minimum atomic E-state index is -0.697. The molecule has 57 heavy (non-hydrogen) atoms. The third-order valence-electron chi connectivity index (χ3n) is 10.4. The molecule has 4 aromatic heterocycles. The van der Waals surface area contributed by atoms with Crippen LogP contribution in [0.25, 0.3) is 111 Å². The highest BCUT2D eigenvalue weighted by Crippen LogP contribution is 2.41. The maximum atomic E-state index is 10.1. The first kappa shape index (κ1) is 22.5. The molecule has 4 heterocycles. The number of hydrogen-bond donors (Lipinski definition) is 0. The van der Waals surface area contributed by atoms with Gasteiger partial charge in [0.1, 0.15) is 11.2 Å². The molecule has 6 nitrogen and oxygen atoms in total. The SMILES string of the molecule is [2H]c1c([2H])c([2H])c(-c2c([2H])c(-c3nc(-c4ccccc4-n4c5ccccc5c5ccccc54)nc(-n4c5ccccc5c5ccccc54)n3)c([2H])c3oc4c([2H])c([2H])c([2H])c([2H])c4c23)c([2H])c1[2H]. The van der Waals surface area contributed by atoms with Crippen molar-refractivity contribution in [1.29, 1.82) is 0 Å². The van der Waals surface area contributed by atoms with Gasteiger partial charge in [-0.3, -0.25) is 4.57 Å². The van der Waals surface area contributed by atoms with Gasteiger partial charge in [0.15, 0.2) is 11.6 Å². The van der Waals surface area contributed by atoms with Gasteiger partial charge in [-0.15, -0.1) is 0 Å². The minimum Gasteiger partial charge on any atom is -0.456 e. The molecule has 0 saturated carbocycles. The second kappa shape index (κ2) is 12.3. The van der Waals surface area contributed by atoms with Crippen LogP contribution in [-0.2, 0) is 0 Å². The van der Waals surface area contributed by atoms with Gasteiger partial charge in [0.2, 0.25) is 5.95 Å². The largest absolute Gasteiger partial charge is 0.456 e. The average molecular weight is 741 g/mol. The van der Waals surface area contributed by atoms with Crippen LogP contribution >= 0.6 is 0 Å². The van der Waals surface area contributed by atoms with Crippen molar-refractivity contribution in [3.63, 3.8) is 0 Å². The molecule has 0 unspecified atom stereocenters. The third kappa shape index (κ3) is 4.81. The molecule has 0 radical (unpaired) electrons. The Kier molecular flexibility index (Phi) is 4.88. The Hall–Kier alpha value is -7.83. The van der Waals surface area contributed by atoms with E-state index in [9.17, 15) is 2.74 Å². The Morgan fingerprint density at radius 1 is 0.421 bits per heavy atom. The molecule has 8 aromatic carbocycles. The summed E-state index contributed by atoms with van der Waals surface area (Å²) in [6.07, 6.45) is 0. The summed E-state index contributed by atoms with van der Waals surface area (Å²) in [6.45, 7) is 0. The molecule has 0 bridgehead atoms. The Morgan fingerprint density at radius 3 is 1.63 bits per heavy atom. The van der Waals surface area contributed by atoms with Crippen LogP contribution in [-0.4, -0.2) is 24.1 Å². The summed E-state index contributed by atoms with van der Waals surface area (Å²) >= 11 is 0. The first-order valence-corrected chi connectivity index (χ1v) is 18.2. The van der Waals surface area contributed by atoms with Gasteiger partial charge < -0.3 is 8.98 Å². The van der Waals surface area contributed by atoms with E-state index in [1.54, 1.807) is 0 Å². The second-order valence-electron chi connectivity index (χ2n) is 13.5. The molecule has 0 aliphatic carbocycles. The molecule has 0 atom stereocenters. The summed E-state index contributed by atoms with van der Waals surface area (Å²) in [7, 11) is 0. The number of aromatic nitrogens is 5. The molecule has 0 amide bonds. The Bertz CT molecular complexity index is 4060. The van der Waals surface area contributed by atoms with E-state index in [2.05, 4.69) is 16.7 Å².